The van der Waals surface area contributed by atoms with Crippen LogP contribution in [0.25, 0.3) is 0 Å². The molecule has 2 aromatic rings. The summed E-state index contributed by atoms with van der Waals surface area (Å²) in [6.07, 6.45) is 1.50. The van der Waals surface area contributed by atoms with Crippen LogP contribution in [0, 0.1) is 5.82 Å². The number of hydrogen-bond acceptors (Lipinski definition) is 3. The number of hydrogen-bond donors (Lipinski definition) is 1. The van der Waals surface area contributed by atoms with Crippen LogP contribution in [0.2, 0.25) is 5.02 Å². The summed E-state index contributed by atoms with van der Waals surface area (Å²) < 4.78 is 38.7. The summed E-state index contributed by atoms with van der Waals surface area (Å²) in [6.45, 7) is 0.242. The quantitative estimate of drug-likeness (QED) is 0.741. The van der Waals surface area contributed by atoms with Crippen molar-refractivity contribution in [3.05, 3.63) is 64.9 Å². The normalized spacial score (nSPS) is 11.5. The van der Waals surface area contributed by atoms with Crippen molar-refractivity contribution in [2.45, 2.75) is 12.8 Å². The van der Waals surface area contributed by atoms with E-state index in [0.717, 1.165) is 11.8 Å². The summed E-state index contributed by atoms with van der Waals surface area (Å²) in [4.78, 5) is 12.0. The highest BCUT2D eigenvalue weighted by Gasteiger charge is 2.18. The zero-order valence-electron chi connectivity index (χ0n) is 14.3. The van der Waals surface area contributed by atoms with E-state index in [1.807, 2.05) is 6.07 Å². The Bertz CT molecular complexity index is 874. The van der Waals surface area contributed by atoms with Crippen molar-refractivity contribution in [1.29, 1.82) is 0 Å². The minimum atomic E-state index is -3.48. The molecular formula is C18H20ClFN2O3S. The molecular weight excluding hydrogens is 379 g/mol. The second-order valence-corrected chi connectivity index (χ2v) is 8.24. The maximum Gasteiger partial charge on any atom is 0.225 e. The largest absolute Gasteiger partial charge is 0.324 e. The standard InChI is InChI=1S/C18H20ClFN2O3S/c1-26(24,25)22(11-9-14-5-4-6-15(19)13-14)12-10-18(23)21-17-8-3-2-7-16(17)20/h2-8,13H,9-12H2,1H3,(H,21,23). The van der Waals surface area contributed by atoms with Crippen LogP contribution in [0.15, 0.2) is 48.5 Å². The zero-order chi connectivity index (χ0) is 19.2. The van der Waals surface area contributed by atoms with Crippen LogP contribution in [0.4, 0.5) is 10.1 Å². The number of benzene rings is 2. The van der Waals surface area contributed by atoms with E-state index in [1.54, 1.807) is 24.3 Å². The second kappa shape index (κ2) is 9.12. The van der Waals surface area contributed by atoms with Crippen LogP contribution in [-0.2, 0) is 21.2 Å². The minimum Gasteiger partial charge on any atom is -0.324 e. The van der Waals surface area contributed by atoms with Crippen LogP contribution in [0.5, 0.6) is 0 Å². The Kier molecular flexibility index (Phi) is 7.14. The first-order valence-electron chi connectivity index (χ1n) is 7.99. The Labute approximate surface area is 157 Å². The first-order valence-corrected chi connectivity index (χ1v) is 10.2. The van der Waals surface area contributed by atoms with Gasteiger partial charge in [-0.2, -0.15) is 0 Å². The topological polar surface area (TPSA) is 66.5 Å². The molecule has 2 aromatic carbocycles. The molecule has 0 spiro atoms. The van der Waals surface area contributed by atoms with Gasteiger partial charge >= 0.3 is 0 Å². The molecule has 0 aliphatic rings. The van der Waals surface area contributed by atoms with Gasteiger partial charge in [0.05, 0.1) is 11.9 Å². The maximum absolute atomic E-state index is 13.5. The summed E-state index contributed by atoms with van der Waals surface area (Å²) in [7, 11) is -3.48. The lowest BCUT2D eigenvalue weighted by Gasteiger charge is -2.19. The molecule has 0 radical (unpaired) electrons. The molecule has 140 valence electrons. The van der Waals surface area contributed by atoms with E-state index < -0.39 is 21.7 Å². The molecule has 0 heterocycles. The molecule has 2 rings (SSSR count). The maximum atomic E-state index is 13.5. The van der Waals surface area contributed by atoms with E-state index in [0.29, 0.717) is 11.4 Å². The lowest BCUT2D eigenvalue weighted by Crippen LogP contribution is -2.34. The Morgan fingerprint density at radius 2 is 1.88 bits per heavy atom. The Morgan fingerprint density at radius 1 is 1.15 bits per heavy atom. The third-order valence-corrected chi connectivity index (χ3v) is 5.28. The van der Waals surface area contributed by atoms with Crippen molar-refractivity contribution in [1.82, 2.24) is 4.31 Å². The summed E-state index contributed by atoms with van der Waals surface area (Å²) in [5, 5.41) is 3.03. The van der Waals surface area contributed by atoms with Gasteiger partial charge in [0.25, 0.3) is 0 Å². The Morgan fingerprint density at radius 3 is 2.54 bits per heavy atom. The van der Waals surface area contributed by atoms with Gasteiger partial charge in [-0.3, -0.25) is 4.79 Å². The number of amides is 1. The second-order valence-electron chi connectivity index (χ2n) is 5.82. The highest BCUT2D eigenvalue weighted by Crippen LogP contribution is 2.14. The molecule has 0 aromatic heterocycles. The van der Waals surface area contributed by atoms with Crippen LogP contribution < -0.4 is 5.32 Å². The average molecular weight is 399 g/mol. The SMILES string of the molecule is CS(=O)(=O)N(CCC(=O)Nc1ccccc1F)CCc1cccc(Cl)c1. The van der Waals surface area contributed by atoms with Crippen molar-refractivity contribution in [3.63, 3.8) is 0 Å². The van der Waals surface area contributed by atoms with E-state index in [4.69, 9.17) is 11.6 Å². The van der Waals surface area contributed by atoms with Gasteiger partial charge in [-0.1, -0.05) is 35.9 Å². The minimum absolute atomic E-state index is 0.0136. The van der Waals surface area contributed by atoms with Gasteiger partial charge in [-0.25, -0.2) is 17.1 Å². The molecule has 0 unspecified atom stereocenters. The number of sulfonamides is 1. The number of anilines is 1. The molecule has 1 amide bonds. The fourth-order valence-corrected chi connectivity index (χ4v) is 3.45. The van der Waals surface area contributed by atoms with E-state index >= 15 is 0 Å². The summed E-state index contributed by atoms with van der Waals surface area (Å²) in [5.41, 5.74) is 0.976. The molecule has 5 nitrogen and oxygen atoms in total. The summed E-state index contributed by atoms with van der Waals surface area (Å²) in [6, 6.07) is 13.0. The van der Waals surface area contributed by atoms with Crippen molar-refractivity contribution in [3.8, 4) is 0 Å². The smallest absolute Gasteiger partial charge is 0.225 e. The Hall–Kier alpha value is -1.96. The zero-order valence-corrected chi connectivity index (χ0v) is 15.9. The summed E-state index contributed by atoms with van der Waals surface area (Å²) in [5.74, 6) is -0.992. The van der Waals surface area contributed by atoms with E-state index in [9.17, 15) is 17.6 Å². The highest BCUT2D eigenvalue weighted by atomic mass is 35.5. The molecule has 8 heteroatoms. The van der Waals surface area contributed by atoms with E-state index in [1.165, 1.54) is 22.5 Å². The van der Waals surface area contributed by atoms with Crippen molar-refractivity contribution < 1.29 is 17.6 Å². The Balaban J connectivity index is 1.93. The van der Waals surface area contributed by atoms with Gasteiger partial charge in [-0.05, 0) is 36.2 Å². The number of halogens is 2. The predicted octanol–water partition coefficient (Wildman–Crippen LogP) is 3.31. The van der Waals surface area contributed by atoms with Crippen LogP contribution in [0.3, 0.4) is 0 Å². The van der Waals surface area contributed by atoms with Gasteiger partial charge in [-0.15, -0.1) is 0 Å². The molecule has 0 saturated carbocycles. The van der Waals surface area contributed by atoms with Crippen molar-refractivity contribution >= 4 is 33.2 Å². The number of rotatable bonds is 8. The predicted molar refractivity (Wildman–Crippen MR) is 101 cm³/mol. The molecule has 26 heavy (non-hydrogen) atoms. The number of para-hydroxylation sites is 1. The molecule has 0 atom stereocenters. The molecule has 0 fully saturated rings. The van der Waals surface area contributed by atoms with E-state index in [2.05, 4.69) is 5.32 Å². The third kappa shape index (κ3) is 6.40. The van der Waals surface area contributed by atoms with Gasteiger partial charge in [0, 0.05) is 24.5 Å². The van der Waals surface area contributed by atoms with Crippen LogP contribution in [-0.4, -0.2) is 38.0 Å². The molecule has 0 aliphatic heterocycles. The van der Waals surface area contributed by atoms with Crippen molar-refractivity contribution in [2.75, 3.05) is 24.7 Å². The fraction of sp³-hybridized carbons (Fsp3) is 0.278. The number of nitrogens with zero attached hydrogens (tertiary/aromatic N) is 1. The van der Waals surface area contributed by atoms with Crippen LogP contribution >= 0.6 is 11.6 Å². The molecule has 0 aliphatic carbocycles. The number of carbonyl (C=O) groups is 1. The van der Waals surface area contributed by atoms with Gasteiger partial charge in [0.2, 0.25) is 15.9 Å². The average Bonchev–Trinajstić information content (AvgIpc) is 2.56. The third-order valence-electron chi connectivity index (χ3n) is 3.74. The highest BCUT2D eigenvalue weighted by molar-refractivity contribution is 7.88. The first-order chi connectivity index (χ1) is 12.3. The summed E-state index contributed by atoms with van der Waals surface area (Å²) >= 11 is 5.93. The van der Waals surface area contributed by atoms with E-state index in [-0.39, 0.29) is 25.2 Å². The first kappa shape index (κ1) is 20.4. The lowest BCUT2D eigenvalue weighted by atomic mass is 10.1. The molecule has 0 saturated heterocycles. The monoisotopic (exact) mass is 398 g/mol. The fourth-order valence-electron chi connectivity index (χ4n) is 2.39. The van der Waals surface area contributed by atoms with Gasteiger partial charge in [0.1, 0.15) is 5.82 Å². The van der Waals surface area contributed by atoms with Gasteiger partial charge < -0.3 is 5.32 Å². The van der Waals surface area contributed by atoms with Gasteiger partial charge in [0.15, 0.2) is 0 Å². The lowest BCUT2D eigenvalue weighted by molar-refractivity contribution is -0.116. The number of nitrogens with one attached hydrogen (secondary N) is 1. The van der Waals surface area contributed by atoms with Crippen molar-refractivity contribution in [2.24, 2.45) is 0 Å². The van der Waals surface area contributed by atoms with Crippen LogP contribution in [0.1, 0.15) is 12.0 Å². The number of carbonyl (C=O) groups excluding carboxylic acids is 1. The molecule has 1 N–H and O–H groups in total. The molecule has 0 bridgehead atoms.